The third kappa shape index (κ3) is 4.00. The zero-order valence-electron chi connectivity index (χ0n) is 11.8. The van der Waals surface area contributed by atoms with E-state index in [2.05, 4.69) is 20.8 Å². The van der Waals surface area contributed by atoms with Crippen molar-refractivity contribution in [1.82, 2.24) is 0 Å². The van der Waals surface area contributed by atoms with Crippen LogP contribution in [0, 0.1) is 11.8 Å². The Bertz CT molecular complexity index is 352. The molecule has 2 unspecified atom stereocenters. The number of methoxy groups -OCH3 is 1. The smallest absolute Gasteiger partial charge is 0.124 e. The molecular formula is C15H25NO2. The first-order valence-corrected chi connectivity index (χ1v) is 6.54. The van der Waals surface area contributed by atoms with E-state index in [1.54, 1.807) is 7.11 Å². The molecule has 0 fully saturated rings. The summed E-state index contributed by atoms with van der Waals surface area (Å²) in [6.07, 6.45) is 0. The van der Waals surface area contributed by atoms with Gasteiger partial charge in [-0.1, -0.05) is 39.0 Å². The van der Waals surface area contributed by atoms with Crippen molar-refractivity contribution >= 4 is 0 Å². The molecule has 2 N–H and O–H groups in total. The highest BCUT2D eigenvalue weighted by atomic mass is 16.5. The van der Waals surface area contributed by atoms with E-state index in [0.29, 0.717) is 25.0 Å². The Morgan fingerprint density at radius 2 is 1.78 bits per heavy atom. The highest BCUT2D eigenvalue weighted by molar-refractivity contribution is 5.36. The first-order chi connectivity index (χ1) is 8.57. The molecule has 102 valence electrons. The maximum absolute atomic E-state index is 6.33. The van der Waals surface area contributed by atoms with Crippen LogP contribution in [0.4, 0.5) is 0 Å². The van der Waals surface area contributed by atoms with Gasteiger partial charge >= 0.3 is 0 Å². The number of ether oxygens (including phenoxy) is 2. The van der Waals surface area contributed by atoms with Gasteiger partial charge in [0.1, 0.15) is 12.4 Å². The molecule has 18 heavy (non-hydrogen) atoms. The Morgan fingerprint density at radius 3 is 2.39 bits per heavy atom. The standard InChI is InChI=1S/C15H25NO2/c1-11(2)12(3)15(16)13-7-5-6-8-14(13)18-10-9-17-4/h5-8,11-12,15H,9-10,16H2,1-4H3. The first-order valence-electron chi connectivity index (χ1n) is 6.54. The van der Waals surface area contributed by atoms with E-state index in [0.717, 1.165) is 11.3 Å². The number of rotatable bonds is 7. The second-order valence-electron chi connectivity index (χ2n) is 5.01. The van der Waals surface area contributed by atoms with Crippen molar-refractivity contribution in [1.29, 1.82) is 0 Å². The van der Waals surface area contributed by atoms with E-state index in [1.807, 2.05) is 24.3 Å². The second kappa shape index (κ2) is 7.39. The van der Waals surface area contributed by atoms with Gasteiger partial charge in [-0.05, 0) is 17.9 Å². The Kier molecular flexibility index (Phi) is 6.16. The Morgan fingerprint density at radius 1 is 1.11 bits per heavy atom. The lowest BCUT2D eigenvalue weighted by Crippen LogP contribution is -2.24. The number of hydrogen-bond acceptors (Lipinski definition) is 3. The molecular weight excluding hydrogens is 226 g/mol. The van der Waals surface area contributed by atoms with E-state index in [-0.39, 0.29) is 6.04 Å². The molecule has 0 amide bonds. The van der Waals surface area contributed by atoms with Gasteiger partial charge in [-0.3, -0.25) is 0 Å². The van der Waals surface area contributed by atoms with Crippen LogP contribution in [0.1, 0.15) is 32.4 Å². The molecule has 1 rings (SSSR count). The molecule has 3 nitrogen and oxygen atoms in total. The monoisotopic (exact) mass is 251 g/mol. The number of hydrogen-bond donors (Lipinski definition) is 1. The molecule has 1 aromatic rings. The van der Waals surface area contributed by atoms with Crippen LogP contribution in [-0.2, 0) is 4.74 Å². The van der Waals surface area contributed by atoms with Crippen LogP contribution in [-0.4, -0.2) is 20.3 Å². The molecule has 0 aromatic heterocycles. The predicted molar refractivity (Wildman–Crippen MR) is 74.7 cm³/mol. The van der Waals surface area contributed by atoms with Crippen molar-refractivity contribution in [3.05, 3.63) is 29.8 Å². The fourth-order valence-corrected chi connectivity index (χ4v) is 1.82. The molecule has 0 spiro atoms. The minimum atomic E-state index is 0.00347. The van der Waals surface area contributed by atoms with E-state index in [4.69, 9.17) is 15.2 Å². The fraction of sp³-hybridized carbons (Fsp3) is 0.600. The topological polar surface area (TPSA) is 44.5 Å². The molecule has 0 aliphatic carbocycles. The molecule has 1 aromatic carbocycles. The van der Waals surface area contributed by atoms with Crippen molar-refractivity contribution in [2.24, 2.45) is 17.6 Å². The third-order valence-electron chi connectivity index (χ3n) is 3.44. The van der Waals surface area contributed by atoms with E-state index < -0.39 is 0 Å². The first kappa shape index (κ1) is 15.0. The quantitative estimate of drug-likeness (QED) is 0.758. The van der Waals surface area contributed by atoms with E-state index in [9.17, 15) is 0 Å². The minimum absolute atomic E-state index is 0.00347. The molecule has 0 aliphatic rings. The van der Waals surface area contributed by atoms with Gasteiger partial charge in [0, 0.05) is 18.7 Å². The zero-order chi connectivity index (χ0) is 13.5. The largest absolute Gasteiger partial charge is 0.491 e. The minimum Gasteiger partial charge on any atom is -0.491 e. The number of benzene rings is 1. The zero-order valence-corrected chi connectivity index (χ0v) is 11.8. The highest BCUT2D eigenvalue weighted by Crippen LogP contribution is 2.31. The second-order valence-corrected chi connectivity index (χ2v) is 5.01. The average Bonchev–Trinajstić information content (AvgIpc) is 2.38. The number of nitrogens with two attached hydrogens (primary N) is 1. The van der Waals surface area contributed by atoms with Crippen LogP contribution in [0.2, 0.25) is 0 Å². The number of para-hydroxylation sites is 1. The molecule has 0 bridgehead atoms. The van der Waals surface area contributed by atoms with Crippen LogP contribution < -0.4 is 10.5 Å². The molecule has 3 heteroatoms. The van der Waals surface area contributed by atoms with Crippen molar-refractivity contribution in [2.75, 3.05) is 20.3 Å². The van der Waals surface area contributed by atoms with E-state index in [1.165, 1.54) is 0 Å². The van der Waals surface area contributed by atoms with Crippen LogP contribution in [0.15, 0.2) is 24.3 Å². The lowest BCUT2D eigenvalue weighted by atomic mass is 9.86. The van der Waals surface area contributed by atoms with Crippen LogP contribution >= 0.6 is 0 Å². The summed E-state index contributed by atoms with van der Waals surface area (Å²) in [7, 11) is 1.67. The van der Waals surface area contributed by atoms with Crippen LogP contribution in [0.5, 0.6) is 5.75 Å². The van der Waals surface area contributed by atoms with Gasteiger partial charge in [0.05, 0.1) is 6.61 Å². The van der Waals surface area contributed by atoms with Crippen LogP contribution in [0.3, 0.4) is 0 Å². The lowest BCUT2D eigenvalue weighted by molar-refractivity contribution is 0.145. The summed E-state index contributed by atoms with van der Waals surface area (Å²) in [5.41, 5.74) is 7.41. The summed E-state index contributed by atoms with van der Waals surface area (Å²) in [5.74, 6) is 1.83. The summed E-state index contributed by atoms with van der Waals surface area (Å²) in [6, 6.07) is 8.00. The molecule has 0 saturated carbocycles. The van der Waals surface area contributed by atoms with Crippen molar-refractivity contribution in [2.45, 2.75) is 26.8 Å². The van der Waals surface area contributed by atoms with Gasteiger partial charge in [0.15, 0.2) is 0 Å². The highest BCUT2D eigenvalue weighted by Gasteiger charge is 2.20. The molecule has 0 aliphatic heterocycles. The molecule has 0 saturated heterocycles. The molecule has 0 heterocycles. The summed E-state index contributed by atoms with van der Waals surface area (Å²) >= 11 is 0. The third-order valence-corrected chi connectivity index (χ3v) is 3.44. The SMILES string of the molecule is COCCOc1ccccc1C(N)C(C)C(C)C. The lowest BCUT2D eigenvalue weighted by Gasteiger charge is -2.25. The Balaban J connectivity index is 2.80. The molecule has 2 atom stereocenters. The summed E-state index contributed by atoms with van der Waals surface area (Å²) < 4.78 is 10.7. The maximum atomic E-state index is 6.33. The van der Waals surface area contributed by atoms with Gasteiger partial charge in [-0.2, -0.15) is 0 Å². The average molecular weight is 251 g/mol. The van der Waals surface area contributed by atoms with Crippen molar-refractivity contribution in [3.8, 4) is 5.75 Å². The summed E-state index contributed by atoms with van der Waals surface area (Å²) in [6.45, 7) is 7.71. The predicted octanol–water partition coefficient (Wildman–Crippen LogP) is 3.00. The van der Waals surface area contributed by atoms with E-state index >= 15 is 0 Å². The van der Waals surface area contributed by atoms with Crippen LogP contribution in [0.25, 0.3) is 0 Å². The summed E-state index contributed by atoms with van der Waals surface area (Å²) in [4.78, 5) is 0. The Labute approximate surface area is 110 Å². The van der Waals surface area contributed by atoms with Crippen molar-refractivity contribution < 1.29 is 9.47 Å². The normalized spacial score (nSPS) is 14.6. The molecule has 0 radical (unpaired) electrons. The maximum Gasteiger partial charge on any atom is 0.124 e. The van der Waals surface area contributed by atoms with Crippen molar-refractivity contribution in [3.63, 3.8) is 0 Å². The summed E-state index contributed by atoms with van der Waals surface area (Å²) in [5, 5.41) is 0. The van der Waals surface area contributed by atoms with Gasteiger partial charge in [0.2, 0.25) is 0 Å². The Hall–Kier alpha value is -1.06. The van der Waals surface area contributed by atoms with Gasteiger partial charge in [0.25, 0.3) is 0 Å². The van der Waals surface area contributed by atoms with Gasteiger partial charge in [-0.25, -0.2) is 0 Å². The fourth-order valence-electron chi connectivity index (χ4n) is 1.82. The van der Waals surface area contributed by atoms with Gasteiger partial charge < -0.3 is 15.2 Å². The van der Waals surface area contributed by atoms with Gasteiger partial charge in [-0.15, -0.1) is 0 Å².